The molecule has 0 bridgehead atoms. The van der Waals surface area contributed by atoms with E-state index >= 15 is 0 Å². The number of unbranched alkanes of at least 4 members (excludes halogenated alkanes) is 1. The van der Waals surface area contributed by atoms with Gasteiger partial charge in [-0.2, -0.15) is 0 Å². The smallest absolute Gasteiger partial charge is 0.246 e. The third kappa shape index (κ3) is 5.00. The lowest BCUT2D eigenvalue weighted by atomic mass is 9.80. The summed E-state index contributed by atoms with van der Waals surface area (Å²) in [5, 5.41) is 11.7. The van der Waals surface area contributed by atoms with Crippen molar-refractivity contribution in [1.29, 1.82) is 5.41 Å². The molecule has 3 rings (SSSR count). The number of hydrogen-bond acceptors (Lipinski definition) is 3. The largest absolute Gasteiger partial charge is 0.356 e. The highest BCUT2D eigenvalue weighted by Crippen LogP contribution is 2.35. The van der Waals surface area contributed by atoms with Gasteiger partial charge in [0.05, 0.1) is 0 Å². The maximum absolute atomic E-state index is 13.6. The molecule has 1 spiro atoms. The third-order valence-corrected chi connectivity index (χ3v) is 7.34. The van der Waals surface area contributed by atoms with Crippen molar-refractivity contribution in [3.05, 3.63) is 35.9 Å². The maximum Gasteiger partial charge on any atom is 0.246 e. The van der Waals surface area contributed by atoms with Crippen molar-refractivity contribution in [2.45, 2.75) is 83.7 Å². The van der Waals surface area contributed by atoms with Gasteiger partial charge in [0.1, 0.15) is 17.4 Å². The Morgan fingerprint density at radius 1 is 1.12 bits per heavy atom. The third-order valence-electron chi connectivity index (χ3n) is 7.34. The minimum absolute atomic E-state index is 0.00967. The number of amides is 2. The Balaban J connectivity index is 1.75. The van der Waals surface area contributed by atoms with Crippen molar-refractivity contribution in [2.24, 2.45) is 5.92 Å². The molecule has 176 valence electrons. The molecule has 0 saturated carbocycles. The van der Waals surface area contributed by atoms with Gasteiger partial charge < -0.3 is 15.1 Å². The van der Waals surface area contributed by atoms with E-state index < -0.39 is 11.6 Å². The van der Waals surface area contributed by atoms with Gasteiger partial charge in [-0.3, -0.25) is 15.0 Å². The molecule has 1 aromatic carbocycles. The fourth-order valence-electron chi connectivity index (χ4n) is 5.28. The number of nitrogens with one attached hydrogen (secondary N) is 2. The first kappa shape index (κ1) is 24.3. The highest BCUT2D eigenvalue weighted by atomic mass is 16.2. The first-order valence-electron chi connectivity index (χ1n) is 12.5. The van der Waals surface area contributed by atoms with E-state index in [4.69, 9.17) is 5.41 Å². The molecule has 1 aromatic rings. The average Bonchev–Trinajstić information content (AvgIpc) is 2.82. The number of carbonyl (C=O) groups excluding carboxylic acids is 2. The van der Waals surface area contributed by atoms with Crippen LogP contribution >= 0.6 is 0 Å². The van der Waals surface area contributed by atoms with Crippen LogP contribution in [0, 0.1) is 11.3 Å². The molecule has 2 atom stereocenters. The van der Waals surface area contributed by atoms with Crippen molar-refractivity contribution in [2.75, 3.05) is 19.6 Å². The molecular weight excluding hydrogens is 400 g/mol. The fourth-order valence-corrected chi connectivity index (χ4v) is 5.28. The lowest BCUT2D eigenvalue weighted by Crippen LogP contribution is -2.73. The molecule has 6 heteroatoms. The Hall–Kier alpha value is -2.37. The van der Waals surface area contributed by atoms with E-state index in [0.29, 0.717) is 44.2 Å². The van der Waals surface area contributed by atoms with Gasteiger partial charge in [-0.1, -0.05) is 76.8 Å². The summed E-state index contributed by atoms with van der Waals surface area (Å²) in [5.41, 5.74) is 0.111. The molecule has 2 aliphatic heterocycles. The minimum Gasteiger partial charge on any atom is -0.356 e. The van der Waals surface area contributed by atoms with Gasteiger partial charge in [0.15, 0.2) is 0 Å². The molecule has 2 aliphatic rings. The fraction of sp³-hybridized carbons (Fsp3) is 0.654. The van der Waals surface area contributed by atoms with Crippen molar-refractivity contribution in [3.63, 3.8) is 0 Å². The monoisotopic (exact) mass is 440 g/mol. The van der Waals surface area contributed by atoms with Crippen LogP contribution < -0.4 is 5.32 Å². The first-order chi connectivity index (χ1) is 15.5. The Morgan fingerprint density at radius 3 is 2.41 bits per heavy atom. The highest BCUT2D eigenvalue weighted by Gasteiger charge is 2.53. The zero-order valence-electron chi connectivity index (χ0n) is 20.0. The summed E-state index contributed by atoms with van der Waals surface area (Å²) in [7, 11) is 0. The summed E-state index contributed by atoms with van der Waals surface area (Å²) in [6, 6.07) is 9.33. The van der Waals surface area contributed by atoms with Crippen LogP contribution in [0.2, 0.25) is 0 Å². The molecule has 0 aromatic heterocycles. The van der Waals surface area contributed by atoms with E-state index in [1.165, 1.54) is 0 Å². The molecule has 2 saturated heterocycles. The minimum atomic E-state index is -0.775. The van der Waals surface area contributed by atoms with E-state index in [1.807, 2.05) is 40.1 Å². The Bertz CT molecular complexity index is 786. The first-order valence-corrected chi connectivity index (χ1v) is 12.5. The summed E-state index contributed by atoms with van der Waals surface area (Å²) in [6.45, 7) is 8.32. The van der Waals surface area contributed by atoms with Crippen molar-refractivity contribution >= 4 is 17.6 Å². The Labute approximate surface area is 193 Å². The Kier molecular flexibility index (Phi) is 8.32. The van der Waals surface area contributed by atoms with Crippen molar-refractivity contribution < 1.29 is 9.59 Å². The number of piperazine rings is 1. The molecular formula is C26H40N4O2. The van der Waals surface area contributed by atoms with Gasteiger partial charge in [0.2, 0.25) is 11.8 Å². The zero-order valence-corrected chi connectivity index (χ0v) is 20.0. The predicted octanol–water partition coefficient (Wildman–Crippen LogP) is 4.19. The van der Waals surface area contributed by atoms with Crippen molar-refractivity contribution in [1.82, 2.24) is 15.1 Å². The molecule has 2 amide bonds. The molecule has 6 nitrogen and oxygen atoms in total. The number of nitrogens with zero attached hydrogens (tertiary/aromatic N) is 2. The Morgan fingerprint density at radius 2 is 1.81 bits per heavy atom. The summed E-state index contributed by atoms with van der Waals surface area (Å²) in [5.74, 6) is 1.06. The van der Waals surface area contributed by atoms with E-state index in [0.717, 1.165) is 44.1 Å². The summed E-state index contributed by atoms with van der Waals surface area (Å²) >= 11 is 0. The number of amidine groups is 1. The lowest BCUT2D eigenvalue weighted by Gasteiger charge is -2.52. The van der Waals surface area contributed by atoms with Crippen LogP contribution in [-0.2, 0) is 9.59 Å². The van der Waals surface area contributed by atoms with Crippen LogP contribution in [-0.4, -0.2) is 58.7 Å². The summed E-state index contributed by atoms with van der Waals surface area (Å²) in [6.07, 6.45) is 6.99. The molecule has 2 N–H and O–H groups in total. The van der Waals surface area contributed by atoms with E-state index in [1.54, 1.807) is 0 Å². The van der Waals surface area contributed by atoms with Gasteiger partial charge in [-0.25, -0.2) is 0 Å². The molecule has 2 heterocycles. The molecule has 0 radical (unpaired) electrons. The van der Waals surface area contributed by atoms with Gasteiger partial charge >= 0.3 is 0 Å². The second-order valence-electron chi connectivity index (χ2n) is 9.40. The molecule has 32 heavy (non-hydrogen) atoms. The second kappa shape index (κ2) is 11.0. The number of hydrogen-bond donors (Lipinski definition) is 2. The van der Waals surface area contributed by atoms with Crippen LogP contribution in [0.4, 0.5) is 0 Å². The second-order valence-corrected chi connectivity index (χ2v) is 9.40. The predicted molar refractivity (Wildman–Crippen MR) is 129 cm³/mol. The normalized spacial score (nSPS) is 21.5. The number of likely N-dealkylation sites (tertiary alicyclic amines) is 1. The van der Waals surface area contributed by atoms with E-state index in [2.05, 4.69) is 26.1 Å². The molecule has 0 aliphatic carbocycles. The summed E-state index contributed by atoms with van der Waals surface area (Å²) in [4.78, 5) is 31.1. The van der Waals surface area contributed by atoms with Crippen molar-refractivity contribution in [3.8, 4) is 0 Å². The van der Waals surface area contributed by atoms with Crippen LogP contribution in [0.1, 0.15) is 77.7 Å². The average molecular weight is 441 g/mol. The van der Waals surface area contributed by atoms with Crippen LogP contribution in [0.25, 0.3) is 0 Å². The van der Waals surface area contributed by atoms with Gasteiger partial charge in [-0.05, 0) is 31.6 Å². The van der Waals surface area contributed by atoms with Gasteiger partial charge in [0.25, 0.3) is 0 Å². The topological polar surface area (TPSA) is 76.5 Å². The highest BCUT2D eigenvalue weighted by molar-refractivity contribution is 6.00. The quantitative estimate of drug-likeness (QED) is 0.446. The number of carbonyl (C=O) groups is 2. The van der Waals surface area contributed by atoms with Gasteiger partial charge in [-0.15, -0.1) is 0 Å². The maximum atomic E-state index is 13.6. The lowest BCUT2D eigenvalue weighted by molar-refractivity contribution is -0.161. The SMILES string of the molecule is CCCCN1C(=O)C(CC(CC)CCC)NC(=O)C12CCN(C(=N)c1ccccc1)CC2. The number of rotatable bonds is 9. The number of piperidine rings is 1. The standard InChI is InChI=1S/C26H40N4O2/c1-4-7-16-30-24(31)22(19-20(6-3)11-5-2)28-25(32)26(30)14-17-29(18-15-26)23(27)21-12-9-8-10-13-21/h8-10,12-13,20,22,27H,4-7,11,14-19H2,1-3H3,(H,28,32). The molecule has 2 fully saturated rings. The van der Waals surface area contributed by atoms with Crippen LogP contribution in [0.15, 0.2) is 30.3 Å². The summed E-state index contributed by atoms with van der Waals surface area (Å²) < 4.78 is 0. The molecule has 2 unspecified atom stereocenters. The van der Waals surface area contributed by atoms with E-state index in [-0.39, 0.29) is 11.8 Å². The van der Waals surface area contributed by atoms with Gasteiger partial charge in [0, 0.05) is 25.2 Å². The van der Waals surface area contributed by atoms with Crippen LogP contribution in [0.5, 0.6) is 0 Å². The van der Waals surface area contributed by atoms with E-state index in [9.17, 15) is 9.59 Å². The van der Waals surface area contributed by atoms with Crippen LogP contribution in [0.3, 0.4) is 0 Å². The zero-order chi connectivity index (χ0) is 23.1. The number of benzene rings is 1.